The molecule has 5 nitrogen and oxygen atoms in total. The second-order valence-electron chi connectivity index (χ2n) is 6.55. The fourth-order valence-electron chi connectivity index (χ4n) is 3.39. The molecule has 0 radical (unpaired) electrons. The van der Waals surface area contributed by atoms with Gasteiger partial charge in [-0.2, -0.15) is 0 Å². The lowest BCUT2D eigenvalue weighted by atomic mass is 10.1. The van der Waals surface area contributed by atoms with Crippen LogP contribution in [0.15, 0.2) is 48.5 Å². The highest BCUT2D eigenvalue weighted by Crippen LogP contribution is 2.22. The molecule has 1 amide bonds. The Morgan fingerprint density at radius 1 is 1.15 bits per heavy atom. The van der Waals surface area contributed by atoms with Gasteiger partial charge in [-0.3, -0.25) is 4.79 Å². The average Bonchev–Trinajstić information content (AvgIpc) is 2.99. The molecule has 0 atom stereocenters. The predicted octanol–water partition coefficient (Wildman–Crippen LogP) is 3.40. The summed E-state index contributed by atoms with van der Waals surface area (Å²) in [5, 5.41) is 0. The molecule has 1 aromatic heterocycles. The molecule has 2 heterocycles. The van der Waals surface area contributed by atoms with Crippen LogP contribution in [0.5, 0.6) is 5.75 Å². The molecule has 0 unspecified atom stereocenters. The van der Waals surface area contributed by atoms with Crippen LogP contribution in [0, 0.1) is 5.82 Å². The van der Waals surface area contributed by atoms with Crippen LogP contribution in [-0.2, 0) is 7.05 Å². The van der Waals surface area contributed by atoms with Crippen molar-refractivity contribution in [3.05, 3.63) is 60.2 Å². The van der Waals surface area contributed by atoms with Gasteiger partial charge in [-0.25, -0.2) is 9.37 Å². The highest BCUT2D eigenvalue weighted by Gasteiger charge is 2.27. The number of aromatic nitrogens is 2. The van der Waals surface area contributed by atoms with Crippen LogP contribution in [0.2, 0.25) is 0 Å². The Bertz CT molecular complexity index is 945. The minimum absolute atomic E-state index is 0.0127. The van der Waals surface area contributed by atoms with Gasteiger partial charge in [0.15, 0.2) is 5.82 Å². The summed E-state index contributed by atoms with van der Waals surface area (Å²) in [6.07, 6.45) is 1.42. The maximum absolute atomic E-state index is 13.3. The van der Waals surface area contributed by atoms with Crippen LogP contribution in [0.3, 0.4) is 0 Å². The highest BCUT2D eigenvalue weighted by molar-refractivity contribution is 5.94. The summed E-state index contributed by atoms with van der Waals surface area (Å²) in [5.41, 5.74) is 1.77. The van der Waals surface area contributed by atoms with Crippen LogP contribution < -0.4 is 4.74 Å². The van der Waals surface area contributed by atoms with Crippen LogP contribution in [-0.4, -0.2) is 39.6 Å². The Hall–Kier alpha value is -2.89. The Labute approximate surface area is 151 Å². The van der Waals surface area contributed by atoms with Gasteiger partial charge in [0, 0.05) is 39.0 Å². The van der Waals surface area contributed by atoms with E-state index in [0.29, 0.717) is 37.5 Å². The van der Waals surface area contributed by atoms with E-state index in [9.17, 15) is 9.18 Å². The molecule has 0 bridgehead atoms. The number of carbonyl (C=O) groups is 1. The van der Waals surface area contributed by atoms with Gasteiger partial charge < -0.3 is 14.2 Å². The number of hydrogen-bond donors (Lipinski definition) is 0. The largest absolute Gasteiger partial charge is 0.490 e. The molecule has 6 heteroatoms. The SMILES string of the molecule is Cn1c(C(=O)N2CCC(Oc3cccc(F)c3)CC2)nc2ccccc21. The topological polar surface area (TPSA) is 47.4 Å². The number of imidazole rings is 1. The van der Waals surface area contributed by atoms with Crippen LogP contribution in [0.25, 0.3) is 11.0 Å². The first-order chi connectivity index (χ1) is 12.6. The molecule has 1 saturated heterocycles. The molecule has 0 spiro atoms. The van der Waals surface area contributed by atoms with Gasteiger partial charge >= 0.3 is 0 Å². The molecular weight excluding hydrogens is 333 g/mol. The van der Waals surface area contributed by atoms with Crippen molar-refractivity contribution in [3.8, 4) is 5.75 Å². The number of amides is 1. The zero-order valence-electron chi connectivity index (χ0n) is 14.6. The summed E-state index contributed by atoms with van der Waals surface area (Å²) < 4.78 is 20.9. The highest BCUT2D eigenvalue weighted by atomic mass is 19.1. The van der Waals surface area contributed by atoms with E-state index in [1.165, 1.54) is 12.1 Å². The van der Waals surface area contributed by atoms with E-state index in [0.717, 1.165) is 11.0 Å². The molecule has 2 aromatic carbocycles. The Balaban J connectivity index is 1.42. The molecule has 1 aliphatic rings. The number of para-hydroxylation sites is 2. The Morgan fingerprint density at radius 2 is 1.92 bits per heavy atom. The fourth-order valence-corrected chi connectivity index (χ4v) is 3.39. The third-order valence-corrected chi connectivity index (χ3v) is 4.81. The summed E-state index contributed by atoms with van der Waals surface area (Å²) in [5.74, 6) is 0.616. The monoisotopic (exact) mass is 353 g/mol. The number of halogens is 1. The Kier molecular flexibility index (Phi) is 4.32. The van der Waals surface area contributed by atoms with Crippen molar-refractivity contribution in [1.29, 1.82) is 0 Å². The van der Waals surface area contributed by atoms with Crippen molar-refractivity contribution in [2.45, 2.75) is 18.9 Å². The predicted molar refractivity (Wildman–Crippen MR) is 96.7 cm³/mol. The number of ether oxygens (including phenoxy) is 1. The Morgan fingerprint density at radius 3 is 2.65 bits per heavy atom. The minimum atomic E-state index is -0.308. The van der Waals surface area contributed by atoms with Gasteiger partial charge in [0.2, 0.25) is 0 Å². The van der Waals surface area contributed by atoms with Crippen molar-refractivity contribution < 1.29 is 13.9 Å². The van der Waals surface area contributed by atoms with Crippen LogP contribution in [0.1, 0.15) is 23.5 Å². The van der Waals surface area contributed by atoms with E-state index in [2.05, 4.69) is 4.98 Å². The summed E-state index contributed by atoms with van der Waals surface area (Å²) >= 11 is 0. The molecule has 1 aliphatic heterocycles. The first-order valence-electron chi connectivity index (χ1n) is 8.75. The second-order valence-corrected chi connectivity index (χ2v) is 6.55. The first kappa shape index (κ1) is 16.6. The van der Waals surface area contributed by atoms with Gasteiger partial charge in [-0.05, 0) is 24.3 Å². The third kappa shape index (κ3) is 3.14. The van der Waals surface area contributed by atoms with Gasteiger partial charge in [-0.1, -0.05) is 18.2 Å². The maximum Gasteiger partial charge on any atom is 0.289 e. The van der Waals surface area contributed by atoms with E-state index >= 15 is 0 Å². The smallest absolute Gasteiger partial charge is 0.289 e. The summed E-state index contributed by atoms with van der Waals surface area (Å²) in [6, 6.07) is 13.9. The van der Waals surface area contributed by atoms with Crippen molar-refractivity contribution in [2.75, 3.05) is 13.1 Å². The number of hydrogen-bond acceptors (Lipinski definition) is 3. The molecule has 4 rings (SSSR count). The van der Waals surface area contributed by atoms with Gasteiger partial charge in [0.25, 0.3) is 5.91 Å². The van der Waals surface area contributed by atoms with Crippen molar-refractivity contribution >= 4 is 16.9 Å². The molecular formula is C20H20FN3O2. The fraction of sp³-hybridized carbons (Fsp3) is 0.300. The standard InChI is InChI=1S/C20H20FN3O2/c1-23-18-8-3-2-7-17(18)22-19(23)20(25)24-11-9-15(10-12-24)26-16-6-4-5-14(21)13-16/h2-8,13,15H,9-12H2,1H3. The number of benzene rings is 2. The van der Waals surface area contributed by atoms with E-state index < -0.39 is 0 Å². The molecule has 0 N–H and O–H groups in total. The van der Waals surface area contributed by atoms with Gasteiger partial charge in [0.05, 0.1) is 11.0 Å². The van der Waals surface area contributed by atoms with Crippen LogP contribution in [0.4, 0.5) is 4.39 Å². The third-order valence-electron chi connectivity index (χ3n) is 4.81. The van der Waals surface area contributed by atoms with Crippen molar-refractivity contribution in [2.24, 2.45) is 7.05 Å². The molecule has 3 aromatic rings. The molecule has 1 fully saturated rings. The maximum atomic E-state index is 13.3. The van der Waals surface area contributed by atoms with E-state index in [-0.39, 0.29) is 17.8 Å². The number of aryl methyl sites for hydroxylation is 1. The molecule has 134 valence electrons. The molecule has 26 heavy (non-hydrogen) atoms. The number of piperidine rings is 1. The number of rotatable bonds is 3. The van der Waals surface area contributed by atoms with Crippen LogP contribution >= 0.6 is 0 Å². The lowest BCUT2D eigenvalue weighted by Gasteiger charge is -2.32. The zero-order chi connectivity index (χ0) is 18.1. The van der Waals surface area contributed by atoms with E-state index in [1.807, 2.05) is 40.8 Å². The number of likely N-dealkylation sites (tertiary alicyclic amines) is 1. The normalized spacial score (nSPS) is 15.4. The molecule has 0 aliphatic carbocycles. The summed E-state index contributed by atoms with van der Waals surface area (Å²) in [4.78, 5) is 19.1. The number of carbonyl (C=O) groups excluding carboxylic acids is 1. The number of fused-ring (bicyclic) bond motifs is 1. The first-order valence-corrected chi connectivity index (χ1v) is 8.75. The van der Waals surface area contributed by atoms with Gasteiger partial charge in [0.1, 0.15) is 17.7 Å². The average molecular weight is 353 g/mol. The van der Waals surface area contributed by atoms with E-state index in [4.69, 9.17) is 4.74 Å². The van der Waals surface area contributed by atoms with Crippen molar-refractivity contribution in [1.82, 2.24) is 14.5 Å². The minimum Gasteiger partial charge on any atom is -0.490 e. The van der Waals surface area contributed by atoms with E-state index in [1.54, 1.807) is 12.1 Å². The summed E-state index contributed by atoms with van der Waals surface area (Å²) in [6.45, 7) is 1.20. The van der Waals surface area contributed by atoms with Crippen molar-refractivity contribution in [3.63, 3.8) is 0 Å². The quantitative estimate of drug-likeness (QED) is 0.725. The lowest BCUT2D eigenvalue weighted by molar-refractivity contribution is 0.0581. The molecule has 0 saturated carbocycles. The lowest BCUT2D eigenvalue weighted by Crippen LogP contribution is -2.42. The number of nitrogens with zero attached hydrogens (tertiary/aromatic N) is 3. The zero-order valence-corrected chi connectivity index (χ0v) is 14.6. The summed E-state index contributed by atoms with van der Waals surface area (Å²) in [7, 11) is 1.86. The second kappa shape index (κ2) is 6.78. The van der Waals surface area contributed by atoms with Gasteiger partial charge in [-0.15, -0.1) is 0 Å².